The molecule has 0 radical (unpaired) electrons. The lowest BCUT2D eigenvalue weighted by Crippen LogP contribution is -2.53. The summed E-state index contributed by atoms with van der Waals surface area (Å²) in [6, 6.07) is 14.0. The SMILES string of the molecule is CC(Oc1ccc(Cl)cc1)C(=O)N1CCN(CC(=O)Nc2ccccc2Cl)CC1. The van der Waals surface area contributed by atoms with Gasteiger partial charge in [-0.3, -0.25) is 14.5 Å². The van der Waals surface area contributed by atoms with Gasteiger partial charge in [0.05, 0.1) is 17.3 Å². The molecule has 1 unspecified atom stereocenters. The van der Waals surface area contributed by atoms with E-state index >= 15 is 0 Å². The second kappa shape index (κ2) is 9.96. The second-order valence-electron chi connectivity index (χ2n) is 6.84. The third-order valence-corrected chi connectivity index (χ3v) is 5.25. The number of piperazine rings is 1. The lowest BCUT2D eigenvalue weighted by atomic mass is 10.2. The van der Waals surface area contributed by atoms with Crippen LogP contribution in [0.4, 0.5) is 5.69 Å². The molecule has 0 bridgehead atoms. The summed E-state index contributed by atoms with van der Waals surface area (Å²) in [5.41, 5.74) is 0.598. The van der Waals surface area contributed by atoms with Crippen molar-refractivity contribution in [2.75, 3.05) is 38.0 Å². The van der Waals surface area contributed by atoms with E-state index in [2.05, 4.69) is 5.32 Å². The van der Waals surface area contributed by atoms with E-state index in [9.17, 15) is 9.59 Å². The second-order valence-corrected chi connectivity index (χ2v) is 7.69. The molecule has 1 N–H and O–H groups in total. The Hall–Kier alpha value is -2.28. The van der Waals surface area contributed by atoms with Crippen molar-refractivity contribution in [1.82, 2.24) is 9.80 Å². The first-order valence-electron chi connectivity index (χ1n) is 9.40. The molecule has 1 aliphatic rings. The first-order chi connectivity index (χ1) is 13.9. The third kappa shape index (κ3) is 6.10. The Balaban J connectivity index is 1.44. The number of carbonyl (C=O) groups excluding carboxylic acids is 2. The number of anilines is 1. The van der Waals surface area contributed by atoms with Gasteiger partial charge in [-0.05, 0) is 43.3 Å². The Kier molecular flexibility index (Phi) is 7.36. The van der Waals surface area contributed by atoms with E-state index in [-0.39, 0.29) is 18.4 Å². The highest BCUT2D eigenvalue weighted by Crippen LogP contribution is 2.20. The largest absolute Gasteiger partial charge is 0.481 e. The molecule has 0 aliphatic carbocycles. The molecule has 1 heterocycles. The van der Waals surface area contributed by atoms with E-state index in [1.807, 2.05) is 17.0 Å². The molecule has 6 nitrogen and oxygen atoms in total. The number of hydrogen-bond donors (Lipinski definition) is 1. The van der Waals surface area contributed by atoms with Crippen molar-refractivity contribution in [3.05, 3.63) is 58.6 Å². The molecule has 29 heavy (non-hydrogen) atoms. The molecule has 0 saturated carbocycles. The van der Waals surface area contributed by atoms with Crippen molar-refractivity contribution in [1.29, 1.82) is 0 Å². The predicted octanol–water partition coefficient (Wildman–Crippen LogP) is 3.54. The molecule has 0 spiro atoms. The van der Waals surface area contributed by atoms with Gasteiger partial charge in [-0.1, -0.05) is 35.3 Å². The Labute approximate surface area is 180 Å². The van der Waals surface area contributed by atoms with E-state index in [1.54, 1.807) is 48.2 Å². The Morgan fingerprint density at radius 3 is 2.34 bits per heavy atom. The number of nitrogens with zero attached hydrogens (tertiary/aromatic N) is 2. The Morgan fingerprint density at radius 2 is 1.69 bits per heavy atom. The van der Waals surface area contributed by atoms with Crippen molar-refractivity contribution >= 4 is 40.7 Å². The number of rotatable bonds is 6. The van der Waals surface area contributed by atoms with Crippen LogP contribution in [-0.2, 0) is 9.59 Å². The number of hydrogen-bond acceptors (Lipinski definition) is 4. The van der Waals surface area contributed by atoms with Crippen LogP contribution < -0.4 is 10.1 Å². The van der Waals surface area contributed by atoms with Crippen LogP contribution in [-0.4, -0.2) is 60.4 Å². The fourth-order valence-corrected chi connectivity index (χ4v) is 3.42. The third-order valence-electron chi connectivity index (χ3n) is 4.67. The highest BCUT2D eigenvalue weighted by atomic mass is 35.5. The summed E-state index contributed by atoms with van der Waals surface area (Å²) in [4.78, 5) is 28.7. The molecule has 8 heteroatoms. The van der Waals surface area contributed by atoms with Gasteiger partial charge in [0.2, 0.25) is 5.91 Å². The summed E-state index contributed by atoms with van der Waals surface area (Å²) in [7, 11) is 0. The highest BCUT2D eigenvalue weighted by Gasteiger charge is 2.26. The van der Waals surface area contributed by atoms with Gasteiger partial charge in [0, 0.05) is 31.2 Å². The Bertz CT molecular complexity index is 853. The fourth-order valence-electron chi connectivity index (χ4n) is 3.11. The van der Waals surface area contributed by atoms with Crippen LogP contribution in [0.15, 0.2) is 48.5 Å². The number of amides is 2. The average molecular weight is 436 g/mol. The number of para-hydroxylation sites is 1. The molecule has 0 aromatic heterocycles. The van der Waals surface area contributed by atoms with Crippen molar-refractivity contribution in [3.63, 3.8) is 0 Å². The van der Waals surface area contributed by atoms with Gasteiger partial charge >= 0.3 is 0 Å². The first-order valence-corrected chi connectivity index (χ1v) is 10.2. The smallest absolute Gasteiger partial charge is 0.263 e. The first kappa shape index (κ1) is 21.4. The molecule has 1 fully saturated rings. The molecule has 2 aromatic rings. The van der Waals surface area contributed by atoms with E-state index in [0.29, 0.717) is 47.7 Å². The lowest BCUT2D eigenvalue weighted by molar-refractivity contribution is -0.139. The fraction of sp³-hybridized carbons (Fsp3) is 0.333. The molecule has 2 amide bonds. The monoisotopic (exact) mass is 435 g/mol. The van der Waals surface area contributed by atoms with Crippen molar-refractivity contribution in [2.45, 2.75) is 13.0 Å². The minimum absolute atomic E-state index is 0.0693. The topological polar surface area (TPSA) is 61.9 Å². The number of nitrogens with one attached hydrogen (secondary N) is 1. The zero-order valence-corrected chi connectivity index (χ0v) is 17.6. The number of halogens is 2. The zero-order chi connectivity index (χ0) is 20.8. The van der Waals surface area contributed by atoms with Gasteiger partial charge in [-0.15, -0.1) is 0 Å². The maximum Gasteiger partial charge on any atom is 0.263 e. The van der Waals surface area contributed by atoms with Gasteiger partial charge in [-0.2, -0.15) is 0 Å². The summed E-state index contributed by atoms with van der Waals surface area (Å²) in [5, 5.41) is 3.94. The van der Waals surface area contributed by atoms with E-state index in [4.69, 9.17) is 27.9 Å². The summed E-state index contributed by atoms with van der Waals surface area (Å²) in [6.45, 7) is 4.33. The summed E-state index contributed by atoms with van der Waals surface area (Å²) >= 11 is 11.9. The van der Waals surface area contributed by atoms with Crippen LogP contribution in [0.1, 0.15) is 6.92 Å². The van der Waals surface area contributed by atoms with Crippen LogP contribution in [0.2, 0.25) is 10.0 Å². The number of benzene rings is 2. The molecular weight excluding hydrogens is 413 g/mol. The molecule has 3 rings (SSSR count). The molecule has 1 aliphatic heterocycles. The van der Waals surface area contributed by atoms with Crippen molar-refractivity contribution in [3.8, 4) is 5.75 Å². The molecular formula is C21H23Cl2N3O3. The highest BCUT2D eigenvalue weighted by molar-refractivity contribution is 6.33. The number of carbonyl (C=O) groups is 2. The average Bonchev–Trinajstić information content (AvgIpc) is 2.71. The van der Waals surface area contributed by atoms with Crippen LogP contribution in [0.3, 0.4) is 0 Å². The van der Waals surface area contributed by atoms with Gasteiger partial charge in [0.1, 0.15) is 5.75 Å². The predicted molar refractivity (Wildman–Crippen MR) is 115 cm³/mol. The van der Waals surface area contributed by atoms with Gasteiger partial charge in [0.25, 0.3) is 5.91 Å². The minimum atomic E-state index is -0.591. The summed E-state index contributed by atoms with van der Waals surface area (Å²) < 4.78 is 5.71. The van der Waals surface area contributed by atoms with Crippen molar-refractivity contribution in [2.24, 2.45) is 0 Å². The molecule has 2 aromatic carbocycles. The lowest BCUT2D eigenvalue weighted by Gasteiger charge is -2.35. The van der Waals surface area contributed by atoms with E-state index in [1.165, 1.54) is 0 Å². The van der Waals surface area contributed by atoms with E-state index < -0.39 is 6.10 Å². The maximum atomic E-state index is 12.6. The van der Waals surface area contributed by atoms with Crippen LogP contribution in [0.25, 0.3) is 0 Å². The summed E-state index contributed by atoms with van der Waals surface area (Å²) in [6.07, 6.45) is -0.591. The number of ether oxygens (including phenoxy) is 1. The van der Waals surface area contributed by atoms with Gasteiger partial charge in [0.15, 0.2) is 6.10 Å². The Morgan fingerprint density at radius 1 is 1.03 bits per heavy atom. The standard InChI is InChI=1S/C21H23Cl2N3O3/c1-15(29-17-8-6-16(22)7-9-17)21(28)26-12-10-25(11-13-26)14-20(27)24-19-5-3-2-4-18(19)23/h2-9,15H,10-14H2,1H3,(H,24,27). The quantitative estimate of drug-likeness (QED) is 0.753. The van der Waals surface area contributed by atoms with Crippen molar-refractivity contribution < 1.29 is 14.3 Å². The molecule has 1 atom stereocenters. The van der Waals surface area contributed by atoms with Crippen LogP contribution in [0.5, 0.6) is 5.75 Å². The zero-order valence-electron chi connectivity index (χ0n) is 16.1. The summed E-state index contributed by atoms with van der Waals surface area (Å²) in [5.74, 6) is 0.405. The molecule has 154 valence electrons. The van der Waals surface area contributed by atoms with Crippen LogP contribution in [0, 0.1) is 0 Å². The van der Waals surface area contributed by atoms with Gasteiger partial charge < -0.3 is 15.0 Å². The normalized spacial score (nSPS) is 15.6. The minimum Gasteiger partial charge on any atom is -0.481 e. The van der Waals surface area contributed by atoms with Crippen LogP contribution >= 0.6 is 23.2 Å². The van der Waals surface area contributed by atoms with E-state index in [0.717, 1.165) is 0 Å². The van der Waals surface area contributed by atoms with Gasteiger partial charge in [-0.25, -0.2) is 0 Å². The maximum absolute atomic E-state index is 12.6. The molecule has 1 saturated heterocycles.